The lowest BCUT2D eigenvalue weighted by Crippen LogP contribution is -2.33. The smallest absolute Gasteiger partial charge is 0.243 e. The molecule has 3 aromatic rings. The average molecular weight is 566 g/mol. The fraction of sp³-hybridized carbons (Fsp3) is 0.435. The van der Waals surface area contributed by atoms with Gasteiger partial charge in [0.25, 0.3) is 0 Å². The zero-order valence-electron chi connectivity index (χ0n) is 21.5. The lowest BCUT2D eigenvalue weighted by Gasteiger charge is -2.24. The van der Waals surface area contributed by atoms with Crippen LogP contribution in [0, 0.1) is 0 Å². The van der Waals surface area contributed by atoms with Crippen molar-refractivity contribution in [3.05, 3.63) is 47.3 Å². The van der Waals surface area contributed by atoms with Gasteiger partial charge in [-0.1, -0.05) is 17.7 Å². The normalized spacial score (nSPS) is 17.4. The van der Waals surface area contributed by atoms with Crippen LogP contribution in [-0.2, 0) is 19.6 Å². The molecule has 3 atom stereocenters. The molecule has 4 rings (SSSR count). The Kier molecular flexibility index (Phi) is 8.04. The monoisotopic (exact) mass is 565 g/mol. The van der Waals surface area contributed by atoms with Crippen molar-refractivity contribution >= 4 is 33.5 Å². The molecular formula is C23H28ClN7O6S. The van der Waals surface area contributed by atoms with Crippen molar-refractivity contribution in [1.29, 1.82) is 0 Å². The molecule has 0 saturated carbocycles. The van der Waals surface area contributed by atoms with Crippen LogP contribution in [-0.4, -0.2) is 77.6 Å². The summed E-state index contributed by atoms with van der Waals surface area (Å²) < 4.78 is 47.8. The van der Waals surface area contributed by atoms with E-state index < -0.39 is 27.4 Å². The van der Waals surface area contributed by atoms with Gasteiger partial charge in [-0.05, 0) is 25.5 Å². The summed E-state index contributed by atoms with van der Waals surface area (Å²) in [4.78, 5) is 22.1. The first kappa shape index (κ1) is 27.5. The van der Waals surface area contributed by atoms with E-state index >= 15 is 0 Å². The van der Waals surface area contributed by atoms with Gasteiger partial charge in [-0.3, -0.25) is 14.1 Å². The summed E-state index contributed by atoms with van der Waals surface area (Å²) in [6.07, 6.45) is 2.51. The fourth-order valence-corrected chi connectivity index (χ4v) is 5.54. The molecule has 15 heteroatoms. The van der Waals surface area contributed by atoms with E-state index in [9.17, 15) is 13.2 Å². The number of nitrogens with zero attached hydrogens (tertiary/aromatic N) is 6. The molecule has 13 nitrogen and oxygen atoms in total. The van der Waals surface area contributed by atoms with E-state index in [1.54, 1.807) is 30.1 Å². The van der Waals surface area contributed by atoms with Crippen molar-refractivity contribution in [3.63, 3.8) is 0 Å². The number of carbonyl (C=O) groups excluding carboxylic acids is 1. The second-order valence-corrected chi connectivity index (χ2v) is 11.0. The molecule has 1 unspecified atom stereocenters. The Balaban J connectivity index is 1.81. The number of benzene rings is 1. The number of amides is 1. The maximum atomic E-state index is 13.6. The van der Waals surface area contributed by atoms with Gasteiger partial charge in [0.1, 0.15) is 28.5 Å². The Morgan fingerprint density at radius 3 is 2.26 bits per heavy atom. The van der Waals surface area contributed by atoms with E-state index in [-0.39, 0.29) is 17.7 Å². The van der Waals surface area contributed by atoms with Crippen molar-refractivity contribution in [2.24, 2.45) is 0 Å². The number of anilines is 1. The summed E-state index contributed by atoms with van der Waals surface area (Å²) in [6.45, 7) is 1.46. The molecule has 1 N–H and O–H groups in total. The molecule has 0 spiro atoms. The maximum Gasteiger partial charge on any atom is 0.243 e. The van der Waals surface area contributed by atoms with Gasteiger partial charge in [0, 0.05) is 33.0 Å². The fourth-order valence-electron chi connectivity index (χ4n) is 4.32. The summed E-state index contributed by atoms with van der Waals surface area (Å²) in [5, 5.41) is 7.62. The Labute approximate surface area is 225 Å². The first-order valence-corrected chi connectivity index (χ1v) is 13.5. The Bertz CT molecular complexity index is 1390. The Morgan fingerprint density at radius 1 is 1.11 bits per heavy atom. The molecule has 3 heterocycles. The van der Waals surface area contributed by atoms with E-state index in [1.165, 1.54) is 45.2 Å². The minimum Gasteiger partial charge on any atom is -0.494 e. The number of hydrogen-bond donors (Lipinski definition) is 1. The molecular weight excluding hydrogens is 538 g/mol. The molecule has 0 bridgehead atoms. The number of carbonyl (C=O) groups is 1. The van der Waals surface area contributed by atoms with Crippen LogP contribution in [0.5, 0.6) is 11.5 Å². The summed E-state index contributed by atoms with van der Waals surface area (Å²) in [5.74, 6) is 1.09. The number of rotatable bonds is 10. The number of hydrogen-bond acceptors (Lipinski definition) is 10. The van der Waals surface area contributed by atoms with Crippen LogP contribution < -0.4 is 14.2 Å². The predicted octanol–water partition coefficient (Wildman–Crippen LogP) is 2.54. The third-order valence-electron chi connectivity index (χ3n) is 6.40. The highest BCUT2D eigenvalue weighted by Crippen LogP contribution is 2.40. The minimum absolute atomic E-state index is 0.0572. The van der Waals surface area contributed by atoms with Gasteiger partial charge in [0.15, 0.2) is 11.6 Å². The van der Waals surface area contributed by atoms with Gasteiger partial charge in [-0.2, -0.15) is 0 Å². The number of sulfonamides is 1. The predicted molar refractivity (Wildman–Crippen MR) is 138 cm³/mol. The van der Waals surface area contributed by atoms with Crippen molar-refractivity contribution in [3.8, 4) is 17.2 Å². The second-order valence-electron chi connectivity index (χ2n) is 8.56. The zero-order valence-corrected chi connectivity index (χ0v) is 23.0. The molecule has 1 aliphatic rings. The van der Waals surface area contributed by atoms with Gasteiger partial charge < -0.3 is 19.1 Å². The highest BCUT2D eigenvalue weighted by molar-refractivity contribution is 7.93. The van der Waals surface area contributed by atoms with Crippen molar-refractivity contribution in [2.75, 3.05) is 33.1 Å². The second kappa shape index (κ2) is 11.1. The van der Waals surface area contributed by atoms with E-state index in [4.69, 9.17) is 25.8 Å². The highest BCUT2D eigenvalue weighted by atomic mass is 35.5. The minimum atomic E-state index is -4.16. The molecule has 1 fully saturated rings. The van der Waals surface area contributed by atoms with E-state index in [1.807, 2.05) is 0 Å². The number of halogens is 1. The molecule has 2 aromatic heterocycles. The van der Waals surface area contributed by atoms with Crippen LogP contribution in [0.1, 0.15) is 43.6 Å². The lowest BCUT2D eigenvalue weighted by molar-refractivity contribution is -0.127. The van der Waals surface area contributed by atoms with Gasteiger partial charge in [-0.25, -0.2) is 18.4 Å². The van der Waals surface area contributed by atoms with Crippen LogP contribution in [0.25, 0.3) is 5.69 Å². The molecule has 1 amide bonds. The Hall–Kier alpha value is -3.49. The third kappa shape index (κ3) is 5.11. The number of aromatic nitrogens is 5. The molecule has 0 aliphatic carbocycles. The van der Waals surface area contributed by atoms with E-state index in [0.717, 1.165) is 0 Å². The van der Waals surface area contributed by atoms with Gasteiger partial charge in [0.05, 0.1) is 25.3 Å². The zero-order chi connectivity index (χ0) is 27.6. The molecule has 1 aromatic carbocycles. The van der Waals surface area contributed by atoms with Crippen LogP contribution >= 0.6 is 11.6 Å². The highest BCUT2D eigenvalue weighted by Gasteiger charge is 2.38. The number of ether oxygens (including phenoxy) is 3. The Morgan fingerprint density at radius 2 is 1.74 bits per heavy atom. The summed E-state index contributed by atoms with van der Waals surface area (Å²) in [5.41, 5.74) is 0.375. The maximum absolute atomic E-state index is 13.6. The first-order valence-electron chi connectivity index (χ1n) is 11.6. The van der Waals surface area contributed by atoms with Crippen LogP contribution in [0.15, 0.2) is 30.6 Å². The SMILES string of the molecule is COc1cccc(OC)c1-n1c(NS(=O)(=O)[C@@H](C)[C@H](OC)c2ncc(Cl)cn2)nnc1C1CCC(=O)N1C. The molecule has 204 valence electrons. The number of nitrogens with one attached hydrogen (secondary N) is 1. The lowest BCUT2D eigenvalue weighted by atomic mass is 10.2. The third-order valence-corrected chi connectivity index (χ3v) is 8.29. The van der Waals surface area contributed by atoms with E-state index in [2.05, 4.69) is 24.9 Å². The molecule has 38 heavy (non-hydrogen) atoms. The van der Waals surface area contributed by atoms with Crippen molar-refractivity contribution < 1.29 is 27.4 Å². The van der Waals surface area contributed by atoms with Gasteiger partial charge in [-0.15, -0.1) is 10.2 Å². The largest absolute Gasteiger partial charge is 0.494 e. The van der Waals surface area contributed by atoms with Crippen molar-refractivity contribution in [1.82, 2.24) is 29.6 Å². The average Bonchev–Trinajstić information content (AvgIpc) is 3.46. The standard InChI is InChI=1S/C23H28ClN7O6S/c1-13(20(37-5)21-25-11-14(24)12-26-21)38(33,34)29-23-28-27-22(15-9-10-18(32)30(15)2)31(23)19-16(35-3)7-6-8-17(19)36-4/h6-8,11-13,15,20H,9-10H2,1-5H3,(H,28,29)/t13-,15?,20-/m0/s1. The molecule has 1 aliphatic heterocycles. The summed E-state index contributed by atoms with van der Waals surface area (Å²) in [6, 6.07) is 4.68. The topological polar surface area (TPSA) is 151 Å². The van der Waals surface area contributed by atoms with E-state index in [0.29, 0.717) is 40.9 Å². The van der Waals surface area contributed by atoms with Crippen molar-refractivity contribution in [2.45, 2.75) is 37.2 Å². The van der Waals surface area contributed by atoms with Gasteiger partial charge >= 0.3 is 0 Å². The van der Waals surface area contributed by atoms with Crippen LogP contribution in [0.2, 0.25) is 5.02 Å². The molecule has 0 radical (unpaired) electrons. The summed E-state index contributed by atoms with van der Waals surface area (Å²) >= 11 is 5.88. The number of likely N-dealkylation sites (tertiary alicyclic amines) is 1. The van der Waals surface area contributed by atoms with Gasteiger partial charge in [0.2, 0.25) is 21.9 Å². The number of methoxy groups -OCH3 is 3. The van der Waals surface area contributed by atoms with Crippen LogP contribution in [0.4, 0.5) is 5.95 Å². The first-order chi connectivity index (χ1) is 18.1. The summed E-state index contributed by atoms with van der Waals surface area (Å²) in [7, 11) is 1.83. The quantitative estimate of drug-likeness (QED) is 0.388. The number of para-hydroxylation sites is 1. The van der Waals surface area contributed by atoms with Crippen LogP contribution in [0.3, 0.4) is 0 Å². The molecule has 1 saturated heterocycles.